The molecule has 2 rings (SSSR count). The van der Waals surface area contributed by atoms with Crippen LogP contribution >= 0.6 is 23.1 Å². The van der Waals surface area contributed by atoms with Crippen molar-refractivity contribution >= 4 is 23.1 Å². The highest BCUT2D eigenvalue weighted by Gasteiger charge is 2.13. The average Bonchev–Trinajstić information content (AvgIpc) is 2.57. The van der Waals surface area contributed by atoms with Gasteiger partial charge in [-0.2, -0.15) is 0 Å². The van der Waals surface area contributed by atoms with Gasteiger partial charge in [-0.05, 0) is 30.6 Å². The molecule has 16 heavy (non-hydrogen) atoms. The summed E-state index contributed by atoms with van der Waals surface area (Å²) in [5, 5.41) is 0. The molecule has 0 unspecified atom stereocenters. The maximum Gasteiger partial charge on any atom is 0.269 e. The Morgan fingerprint density at radius 1 is 1.38 bits per heavy atom. The van der Waals surface area contributed by atoms with Crippen molar-refractivity contribution in [1.82, 2.24) is 3.96 Å². The number of halogens is 1. The number of rotatable bonds is 2. The molecule has 0 bridgehead atoms. The Kier molecular flexibility index (Phi) is 3.03. The number of para-hydroxylation sites is 2. The first-order valence-corrected chi connectivity index (χ1v) is 5.82. The average molecular weight is 256 g/mol. The van der Waals surface area contributed by atoms with Crippen molar-refractivity contribution in [3.63, 3.8) is 0 Å². The summed E-state index contributed by atoms with van der Waals surface area (Å²) in [6.07, 6.45) is 0. The fourth-order valence-electron chi connectivity index (χ4n) is 1.38. The van der Waals surface area contributed by atoms with Crippen LogP contribution in [0.4, 0.5) is 0 Å². The molecule has 0 amide bonds. The quantitative estimate of drug-likeness (QED) is 0.826. The molecule has 5 heteroatoms. The minimum Gasteiger partial charge on any atom is -0.495 e. The van der Waals surface area contributed by atoms with Crippen molar-refractivity contribution in [2.45, 2.75) is 6.92 Å². The van der Waals surface area contributed by atoms with E-state index in [2.05, 4.69) is 0 Å². The zero-order valence-electron chi connectivity index (χ0n) is 8.86. The molecule has 0 N–H and O–H groups in total. The summed E-state index contributed by atoms with van der Waals surface area (Å²) in [6.45, 7) is 1.72. The Morgan fingerprint density at radius 2 is 2.06 bits per heavy atom. The summed E-state index contributed by atoms with van der Waals surface area (Å²) in [5.41, 5.74) is 1.19. The predicted molar refractivity (Wildman–Crippen MR) is 66.2 cm³/mol. The Labute approximate surface area is 102 Å². The van der Waals surface area contributed by atoms with Crippen LogP contribution in [0.25, 0.3) is 5.69 Å². The van der Waals surface area contributed by atoms with E-state index in [0.29, 0.717) is 15.6 Å². The van der Waals surface area contributed by atoms with Gasteiger partial charge in [0.05, 0.1) is 7.11 Å². The Bertz CT molecular complexity index is 574. The molecular weight excluding hydrogens is 246 g/mol. The van der Waals surface area contributed by atoms with Gasteiger partial charge in [0.25, 0.3) is 5.56 Å². The first-order chi connectivity index (χ1) is 7.65. The van der Waals surface area contributed by atoms with Crippen LogP contribution in [0.2, 0.25) is 4.34 Å². The van der Waals surface area contributed by atoms with Gasteiger partial charge in [-0.3, -0.25) is 4.79 Å². The maximum absolute atomic E-state index is 11.9. The topological polar surface area (TPSA) is 31.2 Å². The van der Waals surface area contributed by atoms with Crippen molar-refractivity contribution < 1.29 is 4.74 Å². The summed E-state index contributed by atoms with van der Waals surface area (Å²) in [5.74, 6) is 0.655. The summed E-state index contributed by atoms with van der Waals surface area (Å²) in [7, 11) is 1.58. The lowest BCUT2D eigenvalue weighted by atomic mass is 10.3. The second-order valence-electron chi connectivity index (χ2n) is 3.26. The van der Waals surface area contributed by atoms with Gasteiger partial charge in [-0.25, -0.2) is 3.96 Å². The van der Waals surface area contributed by atoms with E-state index in [4.69, 9.17) is 16.3 Å². The zero-order chi connectivity index (χ0) is 11.7. The van der Waals surface area contributed by atoms with Gasteiger partial charge >= 0.3 is 0 Å². The standard InChI is InChI=1S/C11H10ClNO2S/c1-7-10(12)16-13(11(7)14)8-5-3-4-6-9(8)15-2/h3-6H,1-2H3. The highest BCUT2D eigenvalue weighted by Crippen LogP contribution is 2.26. The van der Waals surface area contributed by atoms with Gasteiger partial charge in [0.15, 0.2) is 0 Å². The number of ether oxygens (including phenoxy) is 1. The van der Waals surface area contributed by atoms with Gasteiger partial charge < -0.3 is 4.74 Å². The second-order valence-corrected chi connectivity index (χ2v) is 4.82. The highest BCUT2D eigenvalue weighted by molar-refractivity contribution is 7.11. The third kappa shape index (κ3) is 1.74. The van der Waals surface area contributed by atoms with Gasteiger partial charge in [0, 0.05) is 5.56 Å². The lowest BCUT2D eigenvalue weighted by Crippen LogP contribution is -2.13. The van der Waals surface area contributed by atoms with E-state index < -0.39 is 0 Å². The fraction of sp³-hybridized carbons (Fsp3) is 0.182. The van der Waals surface area contributed by atoms with Crippen molar-refractivity contribution in [3.8, 4) is 11.4 Å². The van der Waals surface area contributed by atoms with E-state index in [1.165, 1.54) is 15.5 Å². The molecule has 0 radical (unpaired) electrons. The van der Waals surface area contributed by atoms with Crippen molar-refractivity contribution in [2.75, 3.05) is 7.11 Å². The number of methoxy groups -OCH3 is 1. The van der Waals surface area contributed by atoms with E-state index in [1.54, 1.807) is 14.0 Å². The largest absolute Gasteiger partial charge is 0.495 e. The summed E-state index contributed by atoms with van der Waals surface area (Å²) < 4.78 is 7.26. The minimum atomic E-state index is -0.0977. The normalized spacial score (nSPS) is 10.4. The highest BCUT2D eigenvalue weighted by atomic mass is 35.5. The van der Waals surface area contributed by atoms with E-state index in [9.17, 15) is 4.79 Å². The van der Waals surface area contributed by atoms with E-state index in [1.807, 2.05) is 24.3 Å². The number of hydrogen-bond donors (Lipinski definition) is 0. The molecule has 1 heterocycles. The lowest BCUT2D eigenvalue weighted by molar-refractivity contribution is 0.413. The van der Waals surface area contributed by atoms with E-state index in [-0.39, 0.29) is 5.56 Å². The molecule has 0 aliphatic heterocycles. The SMILES string of the molecule is COc1ccccc1-n1sc(Cl)c(C)c1=O. The van der Waals surface area contributed by atoms with Crippen molar-refractivity contribution in [2.24, 2.45) is 0 Å². The third-order valence-corrected chi connectivity index (χ3v) is 3.78. The first-order valence-electron chi connectivity index (χ1n) is 4.67. The first kappa shape index (κ1) is 11.2. The summed E-state index contributed by atoms with van der Waals surface area (Å²) in [6, 6.07) is 7.35. The van der Waals surface area contributed by atoms with E-state index in [0.717, 1.165) is 5.69 Å². The number of nitrogens with zero attached hydrogens (tertiary/aromatic N) is 1. The van der Waals surface area contributed by atoms with Gasteiger partial charge in [0.2, 0.25) is 0 Å². The van der Waals surface area contributed by atoms with Crippen LogP contribution in [0, 0.1) is 6.92 Å². The molecule has 0 saturated carbocycles. The Morgan fingerprint density at radius 3 is 2.62 bits per heavy atom. The molecule has 84 valence electrons. The van der Waals surface area contributed by atoms with Crippen LogP contribution in [0.5, 0.6) is 5.75 Å². The molecule has 1 aromatic carbocycles. The summed E-state index contributed by atoms with van der Waals surface area (Å²) in [4.78, 5) is 11.9. The number of hydrogen-bond acceptors (Lipinski definition) is 3. The molecule has 3 nitrogen and oxygen atoms in total. The van der Waals surface area contributed by atoms with Gasteiger partial charge in [-0.15, -0.1) is 0 Å². The minimum absolute atomic E-state index is 0.0977. The molecule has 0 aliphatic rings. The predicted octanol–water partition coefficient (Wildman–Crippen LogP) is 2.87. The monoisotopic (exact) mass is 255 g/mol. The number of aromatic nitrogens is 1. The van der Waals surface area contributed by atoms with Crippen LogP contribution < -0.4 is 10.3 Å². The van der Waals surface area contributed by atoms with Gasteiger partial charge in [0.1, 0.15) is 15.8 Å². The van der Waals surface area contributed by atoms with Crippen LogP contribution in [0.3, 0.4) is 0 Å². The molecule has 2 aromatic rings. The molecular formula is C11H10ClNO2S. The molecule has 1 aromatic heterocycles. The fourth-order valence-corrected chi connectivity index (χ4v) is 2.52. The van der Waals surface area contributed by atoms with Crippen LogP contribution in [-0.4, -0.2) is 11.1 Å². The van der Waals surface area contributed by atoms with Crippen molar-refractivity contribution in [3.05, 3.63) is 44.5 Å². The van der Waals surface area contributed by atoms with Crippen molar-refractivity contribution in [1.29, 1.82) is 0 Å². The van der Waals surface area contributed by atoms with Crippen LogP contribution in [-0.2, 0) is 0 Å². The molecule has 0 fully saturated rings. The van der Waals surface area contributed by atoms with Crippen LogP contribution in [0.15, 0.2) is 29.1 Å². The second kappa shape index (κ2) is 4.31. The molecule has 0 saturated heterocycles. The Hall–Kier alpha value is -1.26. The third-order valence-electron chi connectivity index (χ3n) is 2.28. The van der Waals surface area contributed by atoms with Gasteiger partial charge in [-0.1, -0.05) is 23.7 Å². The molecule has 0 spiro atoms. The van der Waals surface area contributed by atoms with Crippen LogP contribution in [0.1, 0.15) is 5.56 Å². The zero-order valence-corrected chi connectivity index (χ0v) is 10.4. The summed E-state index contributed by atoms with van der Waals surface area (Å²) >= 11 is 7.15. The smallest absolute Gasteiger partial charge is 0.269 e. The number of benzene rings is 1. The lowest BCUT2D eigenvalue weighted by Gasteiger charge is -2.06. The molecule has 0 atom stereocenters. The van der Waals surface area contributed by atoms with E-state index >= 15 is 0 Å². The maximum atomic E-state index is 11.9. The Balaban J connectivity index is 2.68. The molecule has 0 aliphatic carbocycles.